The zero-order chi connectivity index (χ0) is 19.2. The summed E-state index contributed by atoms with van der Waals surface area (Å²) in [5, 5.41) is 2.91. The molecule has 0 bridgehead atoms. The monoisotopic (exact) mass is 373 g/mol. The van der Waals surface area contributed by atoms with Crippen LogP contribution in [0.2, 0.25) is 0 Å². The van der Waals surface area contributed by atoms with Gasteiger partial charge in [-0.15, -0.1) is 0 Å². The fourth-order valence-corrected chi connectivity index (χ4v) is 3.38. The van der Waals surface area contributed by atoms with E-state index in [1.807, 2.05) is 30.3 Å². The van der Waals surface area contributed by atoms with E-state index in [-0.39, 0.29) is 5.91 Å². The van der Waals surface area contributed by atoms with Crippen molar-refractivity contribution in [3.63, 3.8) is 0 Å². The molecule has 6 nitrogen and oxygen atoms in total. The number of amides is 1. The molecule has 0 atom stereocenters. The Hall–Kier alpha value is -3.41. The summed E-state index contributed by atoms with van der Waals surface area (Å²) in [5.41, 5.74) is 3.69. The van der Waals surface area contributed by atoms with Gasteiger partial charge in [-0.05, 0) is 35.9 Å². The lowest BCUT2D eigenvalue weighted by molar-refractivity contribution is 0.0946. The van der Waals surface area contributed by atoms with Gasteiger partial charge in [0.25, 0.3) is 5.91 Å². The highest BCUT2D eigenvalue weighted by molar-refractivity contribution is 5.93. The second-order valence-corrected chi connectivity index (χ2v) is 6.75. The van der Waals surface area contributed by atoms with Crippen molar-refractivity contribution in [1.82, 2.24) is 15.3 Å². The summed E-state index contributed by atoms with van der Waals surface area (Å²) in [7, 11) is 0. The Morgan fingerprint density at radius 1 is 0.893 bits per heavy atom. The van der Waals surface area contributed by atoms with E-state index in [9.17, 15) is 4.79 Å². The number of carbonyl (C=O) groups excluding carboxylic acids is 1. The summed E-state index contributed by atoms with van der Waals surface area (Å²) in [6, 6.07) is 18.1. The van der Waals surface area contributed by atoms with E-state index in [1.165, 1.54) is 5.69 Å². The Morgan fingerprint density at radius 3 is 2.36 bits per heavy atom. The highest BCUT2D eigenvalue weighted by Gasteiger charge is 2.18. The van der Waals surface area contributed by atoms with Crippen molar-refractivity contribution < 1.29 is 4.79 Å². The minimum absolute atomic E-state index is 0.173. The first kappa shape index (κ1) is 18.0. The van der Waals surface area contributed by atoms with Gasteiger partial charge in [-0.3, -0.25) is 14.8 Å². The normalized spacial score (nSPS) is 14.0. The molecule has 0 aliphatic carbocycles. The average Bonchev–Trinajstić information content (AvgIpc) is 2.79. The van der Waals surface area contributed by atoms with Gasteiger partial charge in [0, 0.05) is 62.7 Å². The molecule has 0 spiro atoms. The van der Waals surface area contributed by atoms with Gasteiger partial charge >= 0.3 is 0 Å². The SMILES string of the molecule is O=C(NCc1cccnc1)c1cc(N2CCN(c3ccccc3)CC2)ccn1. The number of rotatable bonds is 5. The van der Waals surface area contributed by atoms with Crippen LogP contribution in [-0.4, -0.2) is 42.1 Å². The van der Waals surface area contributed by atoms with Gasteiger partial charge in [0.15, 0.2) is 0 Å². The number of carbonyl (C=O) groups is 1. The maximum Gasteiger partial charge on any atom is 0.270 e. The zero-order valence-corrected chi connectivity index (χ0v) is 15.7. The number of para-hydroxylation sites is 1. The third kappa shape index (κ3) is 4.28. The van der Waals surface area contributed by atoms with E-state index >= 15 is 0 Å². The van der Waals surface area contributed by atoms with E-state index in [0.717, 1.165) is 37.4 Å². The minimum Gasteiger partial charge on any atom is -0.368 e. The number of hydrogen-bond acceptors (Lipinski definition) is 5. The van der Waals surface area contributed by atoms with Crippen molar-refractivity contribution in [2.75, 3.05) is 36.0 Å². The van der Waals surface area contributed by atoms with Crippen LogP contribution in [0.3, 0.4) is 0 Å². The van der Waals surface area contributed by atoms with Crippen LogP contribution in [0.1, 0.15) is 16.1 Å². The quantitative estimate of drug-likeness (QED) is 0.745. The summed E-state index contributed by atoms with van der Waals surface area (Å²) >= 11 is 0. The van der Waals surface area contributed by atoms with Crippen molar-refractivity contribution >= 4 is 17.3 Å². The number of anilines is 2. The highest BCUT2D eigenvalue weighted by Crippen LogP contribution is 2.20. The fourth-order valence-electron chi connectivity index (χ4n) is 3.38. The summed E-state index contributed by atoms with van der Waals surface area (Å²) in [4.78, 5) is 25.5. The third-order valence-electron chi connectivity index (χ3n) is 4.92. The Kier molecular flexibility index (Phi) is 5.47. The molecule has 1 N–H and O–H groups in total. The van der Waals surface area contributed by atoms with Gasteiger partial charge in [0.1, 0.15) is 5.69 Å². The molecule has 1 aromatic carbocycles. The molecule has 6 heteroatoms. The molecule has 2 aromatic heterocycles. The molecule has 1 aliphatic heterocycles. The van der Waals surface area contributed by atoms with Gasteiger partial charge < -0.3 is 15.1 Å². The Bertz CT molecular complexity index is 908. The lowest BCUT2D eigenvalue weighted by Gasteiger charge is -2.37. The van der Waals surface area contributed by atoms with Crippen molar-refractivity contribution in [1.29, 1.82) is 0 Å². The highest BCUT2D eigenvalue weighted by atomic mass is 16.1. The van der Waals surface area contributed by atoms with E-state index in [2.05, 4.69) is 49.4 Å². The minimum atomic E-state index is -0.173. The van der Waals surface area contributed by atoms with Crippen LogP contribution in [0, 0.1) is 0 Å². The Balaban J connectivity index is 1.37. The summed E-state index contributed by atoms with van der Waals surface area (Å²) in [6.07, 6.45) is 5.17. The fraction of sp³-hybridized carbons (Fsp3) is 0.227. The molecule has 28 heavy (non-hydrogen) atoms. The lowest BCUT2D eigenvalue weighted by atomic mass is 10.2. The van der Waals surface area contributed by atoms with Gasteiger partial charge in [0.05, 0.1) is 0 Å². The van der Waals surface area contributed by atoms with E-state index in [4.69, 9.17) is 0 Å². The van der Waals surface area contributed by atoms with Gasteiger partial charge in [-0.2, -0.15) is 0 Å². The molecular formula is C22H23N5O. The molecule has 1 aliphatic rings. The van der Waals surface area contributed by atoms with Crippen molar-refractivity contribution in [3.05, 3.63) is 84.4 Å². The molecule has 0 unspecified atom stereocenters. The van der Waals surface area contributed by atoms with Crippen LogP contribution in [0.15, 0.2) is 73.2 Å². The number of piperazine rings is 1. The Morgan fingerprint density at radius 2 is 1.64 bits per heavy atom. The molecule has 1 amide bonds. The van der Waals surface area contributed by atoms with Crippen molar-refractivity contribution in [3.8, 4) is 0 Å². The summed E-state index contributed by atoms with van der Waals surface area (Å²) in [5.74, 6) is -0.173. The smallest absolute Gasteiger partial charge is 0.270 e. The first-order valence-corrected chi connectivity index (χ1v) is 9.48. The Labute approximate surface area is 164 Å². The number of nitrogens with one attached hydrogen (secondary N) is 1. The predicted octanol–water partition coefficient (Wildman–Crippen LogP) is 2.73. The predicted molar refractivity (Wildman–Crippen MR) is 111 cm³/mol. The molecule has 4 rings (SSSR count). The van der Waals surface area contributed by atoms with E-state index in [0.29, 0.717) is 12.2 Å². The molecule has 0 saturated carbocycles. The second-order valence-electron chi connectivity index (χ2n) is 6.75. The van der Waals surface area contributed by atoms with Crippen LogP contribution in [0.4, 0.5) is 11.4 Å². The molecule has 1 saturated heterocycles. The maximum absolute atomic E-state index is 12.5. The van der Waals surface area contributed by atoms with Gasteiger partial charge in [-0.1, -0.05) is 24.3 Å². The van der Waals surface area contributed by atoms with Crippen molar-refractivity contribution in [2.45, 2.75) is 6.54 Å². The number of aromatic nitrogens is 2. The van der Waals surface area contributed by atoms with Crippen LogP contribution in [-0.2, 0) is 6.54 Å². The number of benzene rings is 1. The van der Waals surface area contributed by atoms with Crippen LogP contribution >= 0.6 is 0 Å². The molecule has 0 radical (unpaired) electrons. The second kappa shape index (κ2) is 8.52. The lowest BCUT2D eigenvalue weighted by Crippen LogP contribution is -2.46. The van der Waals surface area contributed by atoms with Crippen LogP contribution in [0.5, 0.6) is 0 Å². The molecular weight excluding hydrogens is 350 g/mol. The first-order chi connectivity index (χ1) is 13.8. The molecule has 1 fully saturated rings. The largest absolute Gasteiger partial charge is 0.368 e. The average molecular weight is 373 g/mol. The van der Waals surface area contributed by atoms with Gasteiger partial charge in [-0.25, -0.2) is 0 Å². The van der Waals surface area contributed by atoms with Crippen LogP contribution in [0.25, 0.3) is 0 Å². The van der Waals surface area contributed by atoms with E-state index < -0.39 is 0 Å². The number of pyridine rings is 2. The number of hydrogen-bond donors (Lipinski definition) is 1. The number of nitrogens with zero attached hydrogens (tertiary/aromatic N) is 4. The standard InChI is InChI=1S/C22H23N5O/c28-22(25-17-18-5-4-9-23-16-18)21-15-20(8-10-24-21)27-13-11-26(12-14-27)19-6-2-1-3-7-19/h1-10,15-16H,11-14,17H2,(H,25,28). The molecule has 3 aromatic rings. The topological polar surface area (TPSA) is 61.4 Å². The first-order valence-electron chi connectivity index (χ1n) is 9.48. The molecule has 142 valence electrons. The summed E-state index contributed by atoms with van der Waals surface area (Å²) < 4.78 is 0. The summed E-state index contributed by atoms with van der Waals surface area (Å²) in [6.45, 7) is 4.17. The molecule has 3 heterocycles. The van der Waals surface area contributed by atoms with Crippen molar-refractivity contribution in [2.24, 2.45) is 0 Å². The van der Waals surface area contributed by atoms with Gasteiger partial charge in [0.2, 0.25) is 0 Å². The van der Waals surface area contributed by atoms with Crippen LogP contribution < -0.4 is 15.1 Å². The maximum atomic E-state index is 12.5. The van der Waals surface area contributed by atoms with E-state index in [1.54, 1.807) is 18.6 Å². The zero-order valence-electron chi connectivity index (χ0n) is 15.7. The third-order valence-corrected chi connectivity index (χ3v) is 4.92.